The molecule has 1 heterocycles. The summed E-state index contributed by atoms with van der Waals surface area (Å²) in [6.45, 7) is 2.92. The van der Waals surface area contributed by atoms with Crippen molar-refractivity contribution in [3.05, 3.63) is 0 Å². The Bertz CT molecular complexity index is 1530. The molecule has 1 saturated heterocycles. The van der Waals surface area contributed by atoms with E-state index in [1.807, 2.05) is 0 Å². The Labute approximate surface area is 335 Å². The number of nitrogens with one attached hydrogen (secondary N) is 7. The molecular weight excluding hydrogens is 766 g/mol. The maximum absolute atomic E-state index is 13.6. The first-order valence-electron chi connectivity index (χ1n) is 18.6. The number of nitrogens with two attached hydrogens (primary N) is 5. The Hall–Kier alpha value is -6.27. The first-order chi connectivity index (χ1) is 27.2. The van der Waals surface area contributed by atoms with Crippen LogP contribution in [0, 0.1) is 5.92 Å². The largest absolute Gasteiger partial charge is 0.480 e. The van der Waals surface area contributed by atoms with Gasteiger partial charge in [0.05, 0.1) is 25.7 Å². The summed E-state index contributed by atoms with van der Waals surface area (Å²) >= 11 is 0. The molecule has 1 fully saturated rings. The fourth-order valence-corrected chi connectivity index (χ4v) is 5.42. The summed E-state index contributed by atoms with van der Waals surface area (Å²) in [6.07, 6.45) is 1.26. The Morgan fingerprint density at radius 3 is 1.71 bits per heavy atom. The van der Waals surface area contributed by atoms with Crippen LogP contribution in [-0.2, 0) is 43.2 Å². The van der Waals surface area contributed by atoms with Gasteiger partial charge in [0, 0.05) is 19.6 Å². The highest BCUT2D eigenvalue weighted by molar-refractivity contribution is 5.96. The molecule has 0 bridgehead atoms. The van der Waals surface area contributed by atoms with Gasteiger partial charge in [-0.15, -0.1) is 0 Å². The monoisotopic (exact) mass is 825 g/mol. The molecule has 8 amide bonds. The van der Waals surface area contributed by atoms with Gasteiger partial charge in [-0.25, -0.2) is 0 Å². The van der Waals surface area contributed by atoms with Crippen LogP contribution in [0.3, 0.4) is 0 Å². The fourth-order valence-electron chi connectivity index (χ4n) is 5.42. The van der Waals surface area contributed by atoms with E-state index >= 15 is 0 Å². The van der Waals surface area contributed by atoms with Gasteiger partial charge < -0.3 is 75.9 Å². The first kappa shape index (κ1) is 49.7. The van der Waals surface area contributed by atoms with E-state index in [1.165, 1.54) is 11.8 Å². The Kier molecular flexibility index (Phi) is 22.1. The molecule has 1 rings (SSSR count). The van der Waals surface area contributed by atoms with Crippen LogP contribution in [0.4, 0.5) is 0 Å². The number of aliphatic carboxylic acids is 1. The van der Waals surface area contributed by atoms with E-state index in [0.29, 0.717) is 6.42 Å². The van der Waals surface area contributed by atoms with Gasteiger partial charge in [-0.3, -0.25) is 53.1 Å². The second kappa shape index (κ2) is 25.8. The van der Waals surface area contributed by atoms with Crippen molar-refractivity contribution in [1.29, 1.82) is 0 Å². The van der Waals surface area contributed by atoms with Gasteiger partial charge in [-0.05, 0) is 51.4 Å². The van der Waals surface area contributed by atoms with Crippen LogP contribution in [0.2, 0.25) is 0 Å². The van der Waals surface area contributed by atoms with E-state index < -0.39 is 116 Å². The van der Waals surface area contributed by atoms with Crippen LogP contribution in [0.5, 0.6) is 0 Å². The van der Waals surface area contributed by atoms with Gasteiger partial charge in [0.15, 0.2) is 11.9 Å². The lowest BCUT2D eigenvalue weighted by Crippen LogP contribution is -2.58. The minimum atomic E-state index is -1.29. The molecule has 0 spiro atoms. The van der Waals surface area contributed by atoms with Crippen molar-refractivity contribution >= 4 is 65.1 Å². The number of amides is 8. The van der Waals surface area contributed by atoms with Crippen LogP contribution >= 0.6 is 0 Å². The number of nitrogens with zero attached hydrogens (tertiary/aromatic N) is 3. The van der Waals surface area contributed by atoms with E-state index in [9.17, 15) is 43.2 Å². The number of hydrogen-bond acceptors (Lipinski definition) is 12. The van der Waals surface area contributed by atoms with Crippen LogP contribution < -0.4 is 65.9 Å². The van der Waals surface area contributed by atoms with Gasteiger partial charge in [0.1, 0.15) is 30.7 Å². The van der Waals surface area contributed by atoms with Crippen LogP contribution in [0.15, 0.2) is 9.98 Å². The molecule has 326 valence electrons. The number of carboxylic acid groups (broad SMARTS) is 1. The maximum Gasteiger partial charge on any atom is 0.322 e. The summed E-state index contributed by atoms with van der Waals surface area (Å²) in [6, 6.07) is -5.41. The van der Waals surface area contributed by atoms with Crippen LogP contribution in [0.1, 0.15) is 59.3 Å². The zero-order valence-corrected chi connectivity index (χ0v) is 33.0. The molecule has 0 saturated carbocycles. The summed E-state index contributed by atoms with van der Waals surface area (Å²) in [7, 11) is 0. The first-order valence-corrected chi connectivity index (χ1v) is 18.6. The molecule has 0 unspecified atom stereocenters. The van der Waals surface area contributed by atoms with E-state index in [2.05, 4.69) is 47.2 Å². The fraction of sp³-hybridized carbons (Fsp3) is 0.667. The summed E-state index contributed by atoms with van der Waals surface area (Å²) in [5, 5.41) is 25.7. The maximum atomic E-state index is 13.6. The summed E-state index contributed by atoms with van der Waals surface area (Å²) < 4.78 is 0. The number of likely N-dealkylation sites (tertiary alicyclic amines) is 1. The smallest absolute Gasteiger partial charge is 0.322 e. The van der Waals surface area contributed by atoms with Gasteiger partial charge in [0.2, 0.25) is 47.3 Å². The third-order valence-electron chi connectivity index (χ3n) is 8.41. The van der Waals surface area contributed by atoms with E-state index in [4.69, 9.17) is 33.8 Å². The minimum absolute atomic E-state index is 0.0193. The number of carboxylic acids is 1. The highest BCUT2D eigenvalue weighted by atomic mass is 16.4. The minimum Gasteiger partial charge on any atom is -0.480 e. The van der Waals surface area contributed by atoms with Gasteiger partial charge in [0.25, 0.3) is 0 Å². The lowest BCUT2D eigenvalue weighted by atomic mass is 10.0. The van der Waals surface area contributed by atoms with Crippen molar-refractivity contribution in [2.75, 3.05) is 45.8 Å². The summed E-state index contributed by atoms with van der Waals surface area (Å²) in [4.78, 5) is 123. The molecule has 1 aliphatic heterocycles. The molecule has 0 radical (unpaired) electrons. The third kappa shape index (κ3) is 19.5. The lowest BCUT2D eigenvalue weighted by molar-refractivity contribution is -0.140. The highest BCUT2D eigenvalue weighted by Gasteiger charge is 2.37. The van der Waals surface area contributed by atoms with Crippen molar-refractivity contribution in [2.24, 2.45) is 44.6 Å². The van der Waals surface area contributed by atoms with Crippen LogP contribution in [-0.4, -0.2) is 151 Å². The zero-order chi connectivity index (χ0) is 43.9. The van der Waals surface area contributed by atoms with E-state index in [0.717, 1.165) is 0 Å². The van der Waals surface area contributed by atoms with E-state index in [1.54, 1.807) is 13.8 Å². The van der Waals surface area contributed by atoms with E-state index in [-0.39, 0.29) is 63.7 Å². The number of rotatable bonds is 25. The predicted octanol–water partition coefficient (Wildman–Crippen LogP) is -6.91. The van der Waals surface area contributed by atoms with Gasteiger partial charge in [-0.2, -0.15) is 0 Å². The molecular formula is C33H59N15O10. The molecule has 0 aromatic rings. The lowest BCUT2D eigenvalue weighted by Gasteiger charge is -2.29. The Morgan fingerprint density at radius 2 is 1.19 bits per heavy atom. The SMILES string of the molecule is CC(C)[C@H](NC(=O)[C@@H]1CCCN1C(=O)CNC(=O)[C@H](CCCN=C(N)N)NC(=O)CNC(=O)[C@H](C)N)C(=O)N[C@@H](CCCN=C(N)N)C(=O)NCC(=O)NCC(=O)O. The molecule has 58 heavy (non-hydrogen) atoms. The van der Waals surface area contributed by atoms with Crippen molar-refractivity contribution in [1.82, 2.24) is 42.1 Å². The average Bonchev–Trinajstić information content (AvgIpc) is 3.65. The standard InChI is InChI=1S/C33H59N15O10/c1-17(2)26(31(58)46-20(8-5-11-40-33(37)38)29(56)43-13-22(49)41-16-25(52)53)47-30(57)21-9-6-12-48(21)24(51)15-44-28(55)19(7-4-10-39-32(35)36)45-23(50)14-42-27(54)18(3)34/h17-21,26H,4-16,34H2,1-3H3,(H,41,49)(H,42,54)(H,43,56)(H,44,55)(H,45,50)(H,46,58)(H,47,57)(H,52,53)(H4,35,36,39)(H4,37,38,40)/t18-,19-,20-,21-,26-/m0/s1. The van der Waals surface area contributed by atoms with Gasteiger partial charge in [-0.1, -0.05) is 13.8 Å². The second-order valence-electron chi connectivity index (χ2n) is 13.7. The molecule has 5 atom stereocenters. The molecule has 0 aromatic carbocycles. The molecule has 25 nitrogen and oxygen atoms in total. The van der Waals surface area contributed by atoms with Crippen molar-refractivity contribution in [2.45, 2.75) is 89.5 Å². The van der Waals surface area contributed by atoms with Crippen molar-refractivity contribution in [3.8, 4) is 0 Å². The van der Waals surface area contributed by atoms with Crippen molar-refractivity contribution < 1.29 is 48.3 Å². The number of guanidine groups is 2. The molecule has 0 aromatic heterocycles. The highest BCUT2D eigenvalue weighted by Crippen LogP contribution is 2.18. The predicted molar refractivity (Wildman–Crippen MR) is 209 cm³/mol. The second-order valence-corrected chi connectivity index (χ2v) is 13.7. The number of carbonyl (C=O) groups excluding carboxylic acids is 8. The topological polar surface area (TPSA) is 416 Å². The molecule has 18 N–H and O–H groups in total. The quantitative estimate of drug-likeness (QED) is 0.0231. The van der Waals surface area contributed by atoms with Gasteiger partial charge >= 0.3 is 5.97 Å². The Morgan fingerprint density at radius 1 is 0.672 bits per heavy atom. The summed E-state index contributed by atoms with van der Waals surface area (Å²) in [5.74, 6) is -7.71. The zero-order valence-electron chi connectivity index (χ0n) is 33.0. The number of aliphatic imine (C=N–C) groups is 2. The molecule has 1 aliphatic rings. The third-order valence-corrected chi connectivity index (χ3v) is 8.41. The Balaban J connectivity index is 3.00. The molecule has 25 heteroatoms. The molecule has 0 aliphatic carbocycles. The normalized spacial score (nSPS) is 15.3. The van der Waals surface area contributed by atoms with Crippen molar-refractivity contribution in [3.63, 3.8) is 0 Å². The average molecular weight is 826 g/mol. The number of hydrogen-bond donors (Lipinski definition) is 13. The van der Waals surface area contributed by atoms with Crippen LogP contribution in [0.25, 0.3) is 0 Å². The number of carbonyl (C=O) groups is 9. The summed E-state index contributed by atoms with van der Waals surface area (Å²) in [5.41, 5.74) is 26.9.